The Morgan fingerprint density at radius 3 is 1.88 bits per heavy atom. The zero-order chi connectivity index (χ0) is 42.4. The van der Waals surface area contributed by atoms with Crippen molar-refractivity contribution >= 4 is 18.1 Å². The minimum Gasteiger partial charge on any atom is -0.504 e. The molecule has 0 aromatic heterocycles. The highest BCUT2D eigenvalue weighted by atomic mass is 16.8. The molecular weight excluding hydrogens is 776 g/mol. The van der Waals surface area contributed by atoms with E-state index in [0.717, 1.165) is 6.08 Å². The summed E-state index contributed by atoms with van der Waals surface area (Å²) in [6, 6.07) is 7.09. The lowest BCUT2D eigenvalue weighted by Gasteiger charge is -2.48. The highest BCUT2D eigenvalue weighted by molar-refractivity contribution is 5.87. The summed E-state index contributed by atoms with van der Waals surface area (Å²) < 4.78 is 51.5. The smallest absolute Gasteiger partial charge is 0.331 e. The molecule has 0 amide bonds. The number of hydrogen-bond acceptors (Lipinski definition) is 20. The van der Waals surface area contributed by atoms with Crippen LogP contribution in [0.25, 0.3) is 12.2 Å². The number of aliphatic hydroxyl groups excluding tert-OH is 8. The lowest BCUT2D eigenvalue weighted by molar-refractivity contribution is -0.385. The number of ether oxygens (including phenoxy) is 9. The molecule has 3 saturated heterocycles. The van der Waals surface area contributed by atoms with Crippen LogP contribution in [0.2, 0.25) is 0 Å². The number of carbonyl (C=O) groups excluding carboxylic acids is 1. The van der Waals surface area contributed by atoms with Crippen molar-refractivity contribution in [3.05, 3.63) is 53.6 Å². The number of benzene rings is 2. The average molecular weight is 827 g/mol. The van der Waals surface area contributed by atoms with Crippen LogP contribution in [0.5, 0.6) is 28.7 Å². The van der Waals surface area contributed by atoms with Crippen molar-refractivity contribution in [3.8, 4) is 28.7 Å². The molecule has 10 N–H and O–H groups in total. The minimum atomic E-state index is -1.85. The Bertz CT molecular complexity index is 1710. The predicted octanol–water partition coefficient (Wildman–Crippen LogP) is -1.73. The molecule has 2 aromatic carbocycles. The maximum absolute atomic E-state index is 12.2. The Morgan fingerprint density at radius 1 is 0.672 bits per heavy atom. The Morgan fingerprint density at radius 2 is 1.26 bits per heavy atom. The van der Waals surface area contributed by atoms with Crippen LogP contribution < -0.4 is 14.2 Å². The fraction of sp³-hybridized carbons (Fsp3) is 0.553. The lowest BCUT2D eigenvalue weighted by atomic mass is 9.97. The quantitative estimate of drug-likeness (QED) is 0.0575. The van der Waals surface area contributed by atoms with Crippen molar-refractivity contribution in [3.63, 3.8) is 0 Å². The standard InChI is InChI=1S/C38H50O20/c1-16-26(43)29(46)32(49)36(53-16)57-34-30(47)27(44)17(2)54-37(34)58-35-31(48)28(45)24(15-39)55-38(35)56-33-22(50-3)13-19(14-23(33)51-4)6-5-11-52-25(42)10-8-18-7-9-20(40)21(41)12-18/h5-10,12-14,16-17,24,26-32,34-41,43-49H,11,15H2,1-4H3/b6-5+,10-8+/t16-,17-,24+,26-,27-,28+,29+,30+,31-,32+,34+,35+,36-,37-,38-/m0/s1. The van der Waals surface area contributed by atoms with E-state index in [-0.39, 0.29) is 35.4 Å². The Hall–Kier alpha value is -4.13. The van der Waals surface area contributed by atoms with Crippen LogP contribution in [0, 0.1) is 0 Å². The van der Waals surface area contributed by atoms with E-state index >= 15 is 0 Å². The normalized spacial score (nSPS) is 35.6. The van der Waals surface area contributed by atoms with Gasteiger partial charge in [0.2, 0.25) is 12.0 Å². The summed E-state index contributed by atoms with van der Waals surface area (Å²) in [7, 11) is 2.65. The third kappa shape index (κ3) is 10.2. The van der Waals surface area contributed by atoms with Gasteiger partial charge in [-0.25, -0.2) is 4.79 Å². The SMILES string of the molecule is COc1cc(/C=C/COC(=O)/C=C/c2ccc(O)c(O)c2)cc(OC)c1O[C@@H]1O[C@H](CO)[C@@H](O)[C@H](O)[C@H]1O[C@@H]1O[C@@H](C)[C@H](O)[C@@H](O)[C@H]1O[C@@H]1O[C@@H](C)[C@H](O)[C@@H](O)[C@H]1O. The summed E-state index contributed by atoms with van der Waals surface area (Å²) in [5.74, 6) is -1.27. The first kappa shape index (κ1) is 45.0. The van der Waals surface area contributed by atoms with E-state index in [4.69, 9.17) is 42.6 Å². The third-order valence-electron chi connectivity index (χ3n) is 9.76. The molecule has 3 heterocycles. The fourth-order valence-electron chi connectivity index (χ4n) is 6.39. The number of phenols is 2. The summed E-state index contributed by atoms with van der Waals surface area (Å²) in [5, 5.41) is 104. The molecule has 3 fully saturated rings. The van der Waals surface area contributed by atoms with Crippen molar-refractivity contribution in [2.45, 2.75) is 106 Å². The maximum atomic E-state index is 12.2. The van der Waals surface area contributed by atoms with Crippen LogP contribution >= 0.6 is 0 Å². The first-order chi connectivity index (χ1) is 27.6. The van der Waals surface area contributed by atoms with Crippen molar-refractivity contribution in [2.75, 3.05) is 27.4 Å². The van der Waals surface area contributed by atoms with E-state index in [9.17, 15) is 55.9 Å². The topological polar surface area (TPSA) is 302 Å². The van der Waals surface area contributed by atoms with E-state index in [1.807, 2.05) is 0 Å². The summed E-state index contributed by atoms with van der Waals surface area (Å²) in [6.45, 7) is 1.91. The van der Waals surface area contributed by atoms with Gasteiger partial charge in [-0.15, -0.1) is 0 Å². The molecule has 58 heavy (non-hydrogen) atoms. The van der Waals surface area contributed by atoms with Crippen LogP contribution in [0.3, 0.4) is 0 Å². The maximum Gasteiger partial charge on any atom is 0.331 e. The summed E-state index contributed by atoms with van der Waals surface area (Å²) >= 11 is 0. The first-order valence-electron chi connectivity index (χ1n) is 18.2. The molecule has 20 nitrogen and oxygen atoms in total. The van der Waals surface area contributed by atoms with Gasteiger partial charge in [0.1, 0.15) is 61.5 Å². The van der Waals surface area contributed by atoms with Crippen molar-refractivity contribution in [1.29, 1.82) is 0 Å². The number of hydrogen-bond donors (Lipinski definition) is 10. The van der Waals surface area contributed by atoms with E-state index in [0.29, 0.717) is 11.1 Å². The number of carbonyl (C=O) groups is 1. The van der Waals surface area contributed by atoms with Crippen LogP contribution in [0.4, 0.5) is 0 Å². The molecule has 5 rings (SSSR count). The Kier molecular flexibility index (Phi) is 15.3. The molecule has 0 bridgehead atoms. The number of methoxy groups -OCH3 is 2. The third-order valence-corrected chi connectivity index (χ3v) is 9.76. The van der Waals surface area contributed by atoms with E-state index < -0.39 is 105 Å². The second-order valence-electron chi connectivity index (χ2n) is 13.8. The van der Waals surface area contributed by atoms with Crippen molar-refractivity contribution in [2.24, 2.45) is 0 Å². The van der Waals surface area contributed by atoms with Gasteiger partial charge in [-0.1, -0.05) is 12.1 Å². The predicted molar refractivity (Wildman–Crippen MR) is 195 cm³/mol. The second kappa shape index (κ2) is 19.7. The zero-order valence-electron chi connectivity index (χ0n) is 31.8. The number of rotatable bonds is 14. The van der Waals surface area contributed by atoms with Crippen LogP contribution in [-0.4, -0.2) is 177 Å². The highest BCUT2D eigenvalue weighted by Gasteiger charge is 2.53. The minimum absolute atomic E-state index is 0.0696. The summed E-state index contributed by atoms with van der Waals surface area (Å²) in [4.78, 5) is 12.2. The molecule has 3 aliphatic rings. The highest BCUT2D eigenvalue weighted by Crippen LogP contribution is 2.42. The molecule has 0 unspecified atom stereocenters. The number of aliphatic hydroxyl groups is 8. The zero-order valence-corrected chi connectivity index (χ0v) is 31.8. The summed E-state index contributed by atoms with van der Waals surface area (Å²) in [6.07, 6.45) is -18.2. The van der Waals surface area contributed by atoms with Gasteiger partial charge in [-0.05, 0) is 61.4 Å². The van der Waals surface area contributed by atoms with Crippen LogP contribution in [0.1, 0.15) is 25.0 Å². The number of aromatic hydroxyl groups is 2. The van der Waals surface area contributed by atoms with Crippen LogP contribution in [0.15, 0.2) is 42.5 Å². The van der Waals surface area contributed by atoms with Gasteiger partial charge in [0.05, 0.1) is 33.0 Å². The molecule has 3 aliphatic heterocycles. The van der Waals surface area contributed by atoms with E-state index in [2.05, 4.69) is 0 Å². The Labute approximate surface area is 332 Å². The number of esters is 1. The van der Waals surface area contributed by atoms with Crippen LogP contribution in [-0.2, 0) is 33.2 Å². The molecular formula is C38H50O20. The van der Waals surface area contributed by atoms with Gasteiger partial charge in [-0.2, -0.15) is 0 Å². The molecule has 2 aromatic rings. The molecule has 0 radical (unpaired) electrons. The lowest BCUT2D eigenvalue weighted by Crippen LogP contribution is -2.66. The molecule has 15 atom stereocenters. The molecule has 0 spiro atoms. The van der Waals surface area contributed by atoms with Gasteiger partial charge < -0.3 is 93.7 Å². The second-order valence-corrected chi connectivity index (χ2v) is 13.8. The van der Waals surface area contributed by atoms with Gasteiger partial charge in [0.25, 0.3) is 0 Å². The molecule has 0 aliphatic carbocycles. The average Bonchev–Trinajstić information content (AvgIpc) is 3.21. The van der Waals surface area contributed by atoms with Gasteiger partial charge >= 0.3 is 5.97 Å². The van der Waals surface area contributed by atoms with Gasteiger partial charge in [0.15, 0.2) is 41.7 Å². The molecule has 0 saturated carbocycles. The van der Waals surface area contributed by atoms with Crippen molar-refractivity contribution < 1.29 is 98.5 Å². The van der Waals surface area contributed by atoms with Crippen molar-refractivity contribution in [1.82, 2.24) is 0 Å². The molecule has 322 valence electrons. The Balaban J connectivity index is 1.34. The fourth-order valence-corrected chi connectivity index (χ4v) is 6.39. The van der Waals surface area contributed by atoms with Gasteiger partial charge in [0, 0.05) is 6.08 Å². The molecule has 20 heteroatoms. The largest absolute Gasteiger partial charge is 0.504 e. The summed E-state index contributed by atoms with van der Waals surface area (Å²) in [5.41, 5.74) is 0.945. The number of phenolic OH excluding ortho intramolecular Hbond substituents is 2. The first-order valence-corrected chi connectivity index (χ1v) is 18.2. The van der Waals surface area contributed by atoms with Gasteiger partial charge in [-0.3, -0.25) is 0 Å². The van der Waals surface area contributed by atoms with E-state index in [1.54, 1.807) is 6.08 Å². The van der Waals surface area contributed by atoms with E-state index in [1.165, 1.54) is 70.6 Å². The monoisotopic (exact) mass is 826 g/mol.